The predicted molar refractivity (Wildman–Crippen MR) is 58.8 cm³/mol. The van der Waals surface area contributed by atoms with Crippen molar-refractivity contribution in [1.29, 1.82) is 0 Å². The molecule has 0 aliphatic heterocycles. The van der Waals surface area contributed by atoms with Crippen molar-refractivity contribution in [1.82, 2.24) is 5.32 Å². The average molecular weight is 213 g/mol. The number of hydrogen-bond acceptors (Lipinski definition) is 3. The maximum atomic E-state index is 11.3. The monoisotopic (exact) mass is 213 g/mol. The summed E-state index contributed by atoms with van der Waals surface area (Å²) < 4.78 is 0. The number of rotatable bonds is 8. The van der Waals surface area contributed by atoms with Crippen LogP contribution >= 0.6 is 0 Å². The number of hydrogen-bond donors (Lipinski definition) is 3. The third-order valence-electron chi connectivity index (χ3n) is 1.91. The van der Waals surface area contributed by atoms with Crippen LogP contribution in [-0.2, 0) is 9.59 Å². The lowest BCUT2D eigenvalue weighted by Gasteiger charge is -2.09. The zero-order valence-corrected chi connectivity index (χ0v) is 8.87. The first kappa shape index (κ1) is 13.6. The summed E-state index contributed by atoms with van der Waals surface area (Å²) in [7, 11) is 0. The molecular formula is C10H19N3O2. The quantitative estimate of drug-likeness (QED) is 0.380. The van der Waals surface area contributed by atoms with Crippen LogP contribution in [0.4, 0.5) is 0 Å². The Morgan fingerprint density at radius 1 is 1.40 bits per heavy atom. The predicted octanol–water partition coefficient (Wildman–Crippen LogP) is -0.338. The zero-order chi connectivity index (χ0) is 11.7. The Balaban J connectivity index is 3.46. The van der Waals surface area contributed by atoms with Crippen molar-refractivity contribution in [3.8, 4) is 0 Å². The first-order chi connectivity index (χ1) is 7.07. The molecule has 86 valence electrons. The summed E-state index contributed by atoms with van der Waals surface area (Å²) in [5.74, 6) is -0.501. The van der Waals surface area contributed by atoms with Gasteiger partial charge in [-0.1, -0.05) is 6.08 Å². The molecule has 0 aliphatic carbocycles. The molecule has 0 rings (SSSR count). The van der Waals surface area contributed by atoms with Gasteiger partial charge >= 0.3 is 0 Å². The van der Waals surface area contributed by atoms with Crippen molar-refractivity contribution < 1.29 is 9.59 Å². The van der Waals surface area contributed by atoms with E-state index in [1.54, 1.807) is 6.08 Å². The Bertz CT molecular complexity index is 229. The number of carbonyl (C=O) groups is 2. The first-order valence-corrected chi connectivity index (χ1v) is 5.00. The summed E-state index contributed by atoms with van der Waals surface area (Å²) in [5.41, 5.74) is 10.5. The Kier molecular flexibility index (Phi) is 7.27. The van der Waals surface area contributed by atoms with E-state index in [0.29, 0.717) is 25.8 Å². The van der Waals surface area contributed by atoms with Crippen LogP contribution in [0.2, 0.25) is 0 Å². The van der Waals surface area contributed by atoms with Crippen molar-refractivity contribution in [3.63, 3.8) is 0 Å². The van der Waals surface area contributed by atoms with Gasteiger partial charge in [0.05, 0.1) is 6.04 Å². The molecule has 0 radical (unpaired) electrons. The van der Waals surface area contributed by atoms with E-state index >= 15 is 0 Å². The topological polar surface area (TPSA) is 98.2 Å². The number of amides is 2. The number of unbranched alkanes of at least 4 members (excludes halogenated alkanes) is 1. The van der Waals surface area contributed by atoms with Gasteiger partial charge in [0.15, 0.2) is 0 Å². The molecule has 0 aliphatic rings. The molecule has 0 aromatic rings. The number of carbonyl (C=O) groups excluding carboxylic acids is 2. The summed E-state index contributed by atoms with van der Waals surface area (Å²) in [5, 5.41) is 2.68. The van der Waals surface area contributed by atoms with E-state index in [-0.39, 0.29) is 11.8 Å². The number of primary amides is 1. The molecule has 5 N–H and O–H groups in total. The van der Waals surface area contributed by atoms with Gasteiger partial charge in [-0.05, 0) is 19.3 Å². The van der Waals surface area contributed by atoms with Crippen molar-refractivity contribution in [2.24, 2.45) is 11.5 Å². The summed E-state index contributed by atoms with van der Waals surface area (Å²) in [4.78, 5) is 21.6. The summed E-state index contributed by atoms with van der Waals surface area (Å²) in [6, 6.07) is -0.529. The van der Waals surface area contributed by atoms with Crippen LogP contribution < -0.4 is 16.8 Å². The van der Waals surface area contributed by atoms with E-state index in [2.05, 4.69) is 11.9 Å². The van der Waals surface area contributed by atoms with Gasteiger partial charge in [-0.25, -0.2) is 0 Å². The smallest absolute Gasteiger partial charge is 0.237 e. The van der Waals surface area contributed by atoms with E-state index in [1.165, 1.54) is 0 Å². The SMILES string of the molecule is C=CCC(N)C(=O)NCCCCC(N)=O. The Morgan fingerprint density at radius 2 is 2.07 bits per heavy atom. The molecule has 0 aromatic carbocycles. The molecule has 15 heavy (non-hydrogen) atoms. The van der Waals surface area contributed by atoms with Gasteiger partial charge in [0.1, 0.15) is 0 Å². The van der Waals surface area contributed by atoms with E-state index in [0.717, 1.165) is 6.42 Å². The second-order valence-corrected chi connectivity index (χ2v) is 3.35. The van der Waals surface area contributed by atoms with Gasteiger partial charge < -0.3 is 16.8 Å². The average Bonchev–Trinajstić information content (AvgIpc) is 2.16. The van der Waals surface area contributed by atoms with Crippen LogP contribution in [0.5, 0.6) is 0 Å². The van der Waals surface area contributed by atoms with Crippen LogP contribution in [0.3, 0.4) is 0 Å². The van der Waals surface area contributed by atoms with Crippen LogP contribution in [0.1, 0.15) is 25.7 Å². The third kappa shape index (κ3) is 7.69. The van der Waals surface area contributed by atoms with Crippen molar-refractivity contribution in [2.75, 3.05) is 6.54 Å². The fourth-order valence-electron chi connectivity index (χ4n) is 1.05. The van der Waals surface area contributed by atoms with E-state index in [1.807, 2.05) is 0 Å². The lowest BCUT2D eigenvalue weighted by molar-refractivity contribution is -0.122. The maximum absolute atomic E-state index is 11.3. The third-order valence-corrected chi connectivity index (χ3v) is 1.91. The molecule has 1 unspecified atom stereocenters. The Hall–Kier alpha value is -1.36. The molecule has 0 saturated heterocycles. The molecule has 0 heterocycles. The number of nitrogens with two attached hydrogens (primary N) is 2. The molecule has 0 bridgehead atoms. The molecule has 0 fully saturated rings. The summed E-state index contributed by atoms with van der Waals surface area (Å²) in [6.45, 7) is 4.03. The standard InChI is InChI=1S/C10H19N3O2/c1-2-5-8(11)10(15)13-7-4-3-6-9(12)14/h2,8H,1,3-7,11H2,(H2,12,14)(H,13,15). The molecular weight excluding hydrogens is 194 g/mol. The summed E-state index contributed by atoms with van der Waals surface area (Å²) in [6.07, 6.45) is 3.85. The minimum atomic E-state index is -0.529. The summed E-state index contributed by atoms with van der Waals surface area (Å²) >= 11 is 0. The van der Waals surface area contributed by atoms with E-state index < -0.39 is 6.04 Å². The highest BCUT2D eigenvalue weighted by molar-refractivity contribution is 5.81. The molecule has 1 atom stereocenters. The minimum Gasteiger partial charge on any atom is -0.370 e. The molecule has 0 saturated carbocycles. The normalized spacial score (nSPS) is 11.8. The van der Waals surface area contributed by atoms with Crippen molar-refractivity contribution in [3.05, 3.63) is 12.7 Å². The highest BCUT2D eigenvalue weighted by Gasteiger charge is 2.09. The van der Waals surface area contributed by atoms with Crippen LogP contribution in [-0.4, -0.2) is 24.4 Å². The van der Waals surface area contributed by atoms with Crippen LogP contribution in [0.15, 0.2) is 12.7 Å². The highest BCUT2D eigenvalue weighted by Crippen LogP contribution is 1.93. The Labute approximate surface area is 89.9 Å². The lowest BCUT2D eigenvalue weighted by Crippen LogP contribution is -2.40. The van der Waals surface area contributed by atoms with Crippen LogP contribution in [0.25, 0.3) is 0 Å². The van der Waals surface area contributed by atoms with Gasteiger partial charge in [0.25, 0.3) is 0 Å². The van der Waals surface area contributed by atoms with Crippen LogP contribution in [0, 0.1) is 0 Å². The second kappa shape index (κ2) is 7.99. The lowest BCUT2D eigenvalue weighted by atomic mass is 10.2. The van der Waals surface area contributed by atoms with E-state index in [9.17, 15) is 9.59 Å². The van der Waals surface area contributed by atoms with Crippen molar-refractivity contribution in [2.45, 2.75) is 31.7 Å². The first-order valence-electron chi connectivity index (χ1n) is 5.00. The van der Waals surface area contributed by atoms with Gasteiger partial charge in [-0.15, -0.1) is 6.58 Å². The molecule has 5 heteroatoms. The maximum Gasteiger partial charge on any atom is 0.237 e. The van der Waals surface area contributed by atoms with Gasteiger partial charge in [-0.3, -0.25) is 9.59 Å². The van der Waals surface area contributed by atoms with Gasteiger partial charge in [0.2, 0.25) is 11.8 Å². The molecule has 2 amide bonds. The van der Waals surface area contributed by atoms with Gasteiger partial charge in [0, 0.05) is 13.0 Å². The van der Waals surface area contributed by atoms with Gasteiger partial charge in [-0.2, -0.15) is 0 Å². The number of nitrogens with one attached hydrogen (secondary N) is 1. The molecule has 5 nitrogen and oxygen atoms in total. The minimum absolute atomic E-state index is 0.186. The fourth-order valence-corrected chi connectivity index (χ4v) is 1.05. The Morgan fingerprint density at radius 3 is 2.60 bits per heavy atom. The van der Waals surface area contributed by atoms with Crippen molar-refractivity contribution >= 4 is 11.8 Å². The highest BCUT2D eigenvalue weighted by atomic mass is 16.2. The molecule has 0 aromatic heterocycles. The zero-order valence-electron chi connectivity index (χ0n) is 8.87. The molecule has 0 spiro atoms. The van der Waals surface area contributed by atoms with E-state index in [4.69, 9.17) is 11.5 Å². The second-order valence-electron chi connectivity index (χ2n) is 3.35. The largest absolute Gasteiger partial charge is 0.370 e. The fraction of sp³-hybridized carbons (Fsp3) is 0.600.